The number of ether oxygens (including phenoxy) is 1. The average Bonchev–Trinajstić information content (AvgIpc) is 3.40. The van der Waals surface area contributed by atoms with Crippen LogP contribution in [0.4, 0.5) is 16.2 Å². The molecule has 244 valence electrons. The second-order valence-electron chi connectivity index (χ2n) is 12.0. The summed E-state index contributed by atoms with van der Waals surface area (Å²) in [5.41, 5.74) is 2.29. The second kappa shape index (κ2) is 13.8. The minimum Gasteiger partial charge on any atom is -0.394 e. The van der Waals surface area contributed by atoms with Gasteiger partial charge in [-0.3, -0.25) is 9.59 Å². The van der Waals surface area contributed by atoms with Gasteiger partial charge < -0.3 is 35.2 Å². The molecule has 2 saturated heterocycles. The van der Waals surface area contributed by atoms with E-state index in [1.54, 1.807) is 19.1 Å². The van der Waals surface area contributed by atoms with Crippen LogP contribution in [0.5, 0.6) is 0 Å². The lowest BCUT2D eigenvalue weighted by atomic mass is 10.0. The number of rotatable bonds is 9. The van der Waals surface area contributed by atoms with Crippen molar-refractivity contribution in [1.82, 2.24) is 30.1 Å². The van der Waals surface area contributed by atoms with Gasteiger partial charge in [0, 0.05) is 63.1 Å². The number of carbonyl (C=O) groups is 2. The van der Waals surface area contributed by atoms with Crippen LogP contribution < -0.4 is 15.5 Å². The summed E-state index contributed by atoms with van der Waals surface area (Å²) in [5, 5.41) is 16.5. The van der Waals surface area contributed by atoms with Crippen LogP contribution in [0.25, 0.3) is 11.3 Å². The van der Waals surface area contributed by atoms with Gasteiger partial charge in [-0.2, -0.15) is 0 Å². The van der Waals surface area contributed by atoms with Crippen molar-refractivity contribution in [3.8, 4) is 11.3 Å². The molecule has 0 bridgehead atoms. The number of aliphatic hydroxyl groups excluding tert-OH is 1. The number of carbonyl (C=O) groups excluding carboxylic acids is 2. The van der Waals surface area contributed by atoms with E-state index in [0.29, 0.717) is 46.8 Å². The van der Waals surface area contributed by atoms with Gasteiger partial charge >= 0.3 is 0 Å². The Balaban J connectivity index is 1.15. The number of benzene rings is 1. The SMILES string of the molecule is CC(C(=O)NC(CO)c1nc(N2CCN(C)CC2)ccc1F)N1Cc2ccc(-c3nc(NC4CCOCC4)ncc3Cl)cc2C1=O. The third-order valence-corrected chi connectivity index (χ3v) is 9.15. The highest BCUT2D eigenvalue weighted by molar-refractivity contribution is 6.33. The number of fused-ring (bicyclic) bond motifs is 1. The Bertz CT molecular complexity index is 1600. The standard InChI is InChI=1S/C32H38ClFN8O4/c1-19(30(44)37-26(18-43)29-25(34)5-6-27(38-29)41-11-9-40(2)10-12-41)42-17-21-4-3-20(15-23(21)31(42)45)28-24(33)16-35-32(39-28)36-22-7-13-46-14-8-22/h3-6,15-16,19,22,26,43H,7-14,17-18H2,1-2H3,(H,37,44)(H,35,36,39). The fourth-order valence-corrected chi connectivity index (χ4v) is 6.18. The topological polar surface area (TPSA) is 136 Å². The van der Waals surface area contributed by atoms with Crippen molar-refractivity contribution >= 4 is 35.2 Å². The second-order valence-corrected chi connectivity index (χ2v) is 12.4. The number of nitrogens with one attached hydrogen (secondary N) is 2. The Morgan fingerprint density at radius 1 is 1.15 bits per heavy atom. The van der Waals surface area contributed by atoms with Gasteiger partial charge in [0.1, 0.15) is 23.4 Å². The Labute approximate surface area is 271 Å². The van der Waals surface area contributed by atoms with Crippen LogP contribution in [0.3, 0.4) is 0 Å². The lowest BCUT2D eigenvalue weighted by Gasteiger charge is -2.33. The molecule has 1 aromatic carbocycles. The minimum atomic E-state index is -1.09. The van der Waals surface area contributed by atoms with Crippen molar-refractivity contribution in [2.24, 2.45) is 0 Å². The average molecular weight is 653 g/mol. The molecule has 0 saturated carbocycles. The summed E-state index contributed by atoms with van der Waals surface area (Å²) in [6, 6.07) is 6.53. The van der Waals surface area contributed by atoms with Crippen molar-refractivity contribution in [2.45, 2.75) is 44.4 Å². The van der Waals surface area contributed by atoms with Crippen molar-refractivity contribution in [3.63, 3.8) is 0 Å². The summed E-state index contributed by atoms with van der Waals surface area (Å²) in [6.45, 7) is 5.78. The zero-order valence-electron chi connectivity index (χ0n) is 25.9. The van der Waals surface area contributed by atoms with Gasteiger partial charge in [-0.25, -0.2) is 19.3 Å². The molecular formula is C32H38ClFN8O4. The third-order valence-electron chi connectivity index (χ3n) is 8.88. The monoisotopic (exact) mass is 652 g/mol. The number of pyridine rings is 1. The van der Waals surface area contributed by atoms with Gasteiger partial charge in [-0.1, -0.05) is 23.7 Å². The summed E-state index contributed by atoms with van der Waals surface area (Å²) >= 11 is 6.49. The molecule has 3 N–H and O–H groups in total. The van der Waals surface area contributed by atoms with Crippen LogP contribution in [-0.4, -0.2) is 107 Å². The van der Waals surface area contributed by atoms with Gasteiger partial charge in [0.25, 0.3) is 5.91 Å². The van der Waals surface area contributed by atoms with Gasteiger partial charge in [-0.05, 0) is 50.6 Å². The van der Waals surface area contributed by atoms with E-state index in [-0.39, 0.29) is 24.2 Å². The number of amides is 2. The first-order valence-corrected chi connectivity index (χ1v) is 15.9. The summed E-state index contributed by atoms with van der Waals surface area (Å²) in [6.07, 6.45) is 3.24. The quantitative estimate of drug-likeness (QED) is 0.317. The molecular weight excluding hydrogens is 615 g/mol. The molecule has 2 aromatic heterocycles. The Kier molecular flexibility index (Phi) is 9.64. The largest absolute Gasteiger partial charge is 0.394 e. The van der Waals surface area contributed by atoms with E-state index in [2.05, 4.69) is 30.5 Å². The maximum absolute atomic E-state index is 14.9. The molecule has 2 amide bonds. The van der Waals surface area contributed by atoms with Gasteiger partial charge in [0.15, 0.2) is 0 Å². The predicted molar refractivity (Wildman–Crippen MR) is 171 cm³/mol. The number of aromatic nitrogens is 3. The number of halogens is 2. The fraction of sp³-hybridized carbons (Fsp3) is 0.469. The van der Waals surface area contributed by atoms with Crippen LogP contribution in [0.2, 0.25) is 5.02 Å². The maximum atomic E-state index is 14.9. The van der Waals surface area contributed by atoms with Gasteiger partial charge in [-0.15, -0.1) is 0 Å². The lowest BCUT2D eigenvalue weighted by molar-refractivity contribution is -0.126. The summed E-state index contributed by atoms with van der Waals surface area (Å²) in [4.78, 5) is 46.1. The van der Waals surface area contributed by atoms with Crippen LogP contribution in [0, 0.1) is 5.82 Å². The molecule has 46 heavy (non-hydrogen) atoms. The summed E-state index contributed by atoms with van der Waals surface area (Å²) < 4.78 is 20.4. The van der Waals surface area contributed by atoms with Crippen LogP contribution >= 0.6 is 11.6 Å². The number of hydrogen-bond donors (Lipinski definition) is 3. The van der Waals surface area contributed by atoms with E-state index in [1.165, 1.54) is 17.2 Å². The maximum Gasteiger partial charge on any atom is 0.255 e. The smallest absolute Gasteiger partial charge is 0.255 e. The van der Waals surface area contributed by atoms with E-state index in [1.807, 2.05) is 24.1 Å². The van der Waals surface area contributed by atoms with Crippen molar-refractivity contribution < 1.29 is 23.8 Å². The number of aliphatic hydroxyl groups is 1. The molecule has 3 aliphatic rings. The van der Waals surface area contributed by atoms with Crippen molar-refractivity contribution in [3.05, 3.63) is 64.2 Å². The molecule has 3 aliphatic heterocycles. The van der Waals surface area contributed by atoms with E-state index in [4.69, 9.17) is 16.3 Å². The van der Waals surface area contributed by atoms with Crippen LogP contribution in [0.15, 0.2) is 36.5 Å². The van der Waals surface area contributed by atoms with E-state index in [9.17, 15) is 19.1 Å². The van der Waals surface area contributed by atoms with Crippen molar-refractivity contribution in [1.29, 1.82) is 0 Å². The minimum absolute atomic E-state index is 0.0486. The normalized spacial score (nSPS) is 18.8. The number of likely N-dealkylation sites (N-methyl/N-ethyl adjacent to an activating group) is 1. The summed E-state index contributed by atoms with van der Waals surface area (Å²) in [5.74, 6) is -0.456. The third kappa shape index (κ3) is 6.77. The van der Waals surface area contributed by atoms with E-state index >= 15 is 0 Å². The molecule has 0 radical (unpaired) electrons. The lowest BCUT2D eigenvalue weighted by Crippen LogP contribution is -2.47. The van der Waals surface area contributed by atoms with Gasteiger partial charge in [0.05, 0.1) is 29.6 Å². The highest BCUT2D eigenvalue weighted by Gasteiger charge is 2.35. The molecule has 3 aromatic rings. The molecule has 5 heterocycles. The van der Waals surface area contributed by atoms with Gasteiger partial charge in [0.2, 0.25) is 11.9 Å². The Morgan fingerprint density at radius 3 is 2.65 bits per heavy atom. The number of piperazine rings is 1. The molecule has 6 rings (SSSR count). The molecule has 2 fully saturated rings. The zero-order chi connectivity index (χ0) is 32.4. The zero-order valence-corrected chi connectivity index (χ0v) is 26.6. The number of hydrogen-bond acceptors (Lipinski definition) is 10. The Morgan fingerprint density at radius 2 is 1.91 bits per heavy atom. The first-order valence-electron chi connectivity index (χ1n) is 15.5. The fourth-order valence-electron chi connectivity index (χ4n) is 5.98. The molecule has 14 heteroatoms. The highest BCUT2D eigenvalue weighted by atomic mass is 35.5. The summed E-state index contributed by atoms with van der Waals surface area (Å²) in [7, 11) is 2.04. The van der Waals surface area contributed by atoms with E-state index < -0.39 is 30.4 Å². The molecule has 0 spiro atoms. The first-order chi connectivity index (χ1) is 22.2. The Hall–Kier alpha value is -3.91. The van der Waals surface area contributed by atoms with E-state index in [0.717, 1.165) is 44.6 Å². The van der Waals surface area contributed by atoms with Crippen LogP contribution in [0.1, 0.15) is 47.4 Å². The first kappa shape index (κ1) is 32.0. The van der Waals surface area contributed by atoms with Crippen LogP contribution in [-0.2, 0) is 16.1 Å². The molecule has 2 unspecified atom stereocenters. The molecule has 12 nitrogen and oxygen atoms in total. The molecule has 2 atom stereocenters. The number of nitrogens with zero attached hydrogens (tertiary/aromatic N) is 6. The number of anilines is 2. The van der Waals surface area contributed by atoms with Crippen molar-refractivity contribution in [2.75, 3.05) is 63.3 Å². The highest BCUT2D eigenvalue weighted by Crippen LogP contribution is 2.33. The predicted octanol–water partition coefficient (Wildman–Crippen LogP) is 2.87. The molecule has 0 aliphatic carbocycles.